The molecular weight excluding hydrogens is 700 g/mol. The number of fused-ring (bicyclic) bond motifs is 11. The lowest BCUT2D eigenvalue weighted by atomic mass is 9.78. The van der Waals surface area contributed by atoms with Crippen LogP contribution in [0.15, 0.2) is 0 Å². The van der Waals surface area contributed by atoms with E-state index in [-0.39, 0.29) is 81.2 Å². The summed E-state index contributed by atoms with van der Waals surface area (Å²) in [4.78, 5) is 52.4. The smallest absolute Gasteiger partial charge is 0.233 e. The van der Waals surface area contributed by atoms with E-state index in [1.165, 1.54) is 45.2 Å². The molecule has 55 heavy (non-hydrogen) atoms. The van der Waals surface area contributed by atoms with Crippen LogP contribution in [0, 0.1) is 71.0 Å². The SMILES string of the molecule is C.O=C1NC(=O)[C@H]2[C@@H]3CC[C@@H](C3)[C@@H]12.O=C1[C@@H]2[C@H]3CC[C@H](C3)[C@@H]2C(=O)N1C[C@@H]1CCCC[C@H]1CN(CCO)CCO.OCC[N+]1(CCO)C[C@@H]2CCCC[C@H]2C1. The van der Waals surface area contributed by atoms with Gasteiger partial charge in [-0.15, -0.1) is 0 Å². The van der Waals surface area contributed by atoms with Gasteiger partial charge in [-0.2, -0.15) is 0 Å². The molecule has 0 unspecified atom stereocenters. The Morgan fingerprint density at radius 1 is 0.564 bits per heavy atom. The molecule has 3 saturated heterocycles. The molecule has 0 aromatic carbocycles. The van der Waals surface area contributed by atoms with Crippen LogP contribution in [0.1, 0.15) is 97.3 Å². The van der Waals surface area contributed by atoms with Crippen molar-refractivity contribution in [2.75, 3.05) is 78.8 Å². The molecule has 0 aromatic rings. The highest BCUT2D eigenvalue weighted by Gasteiger charge is 2.61. The Balaban J connectivity index is 0.000000154. The number of imide groups is 2. The van der Waals surface area contributed by atoms with E-state index in [2.05, 4.69) is 10.2 Å². The Kier molecular flexibility index (Phi) is 14.5. The molecular formula is C43H73N4O8+. The fraction of sp³-hybridized carbons (Fsp3) is 0.907. The number of likely N-dealkylation sites (tertiary alicyclic amines) is 2. The Morgan fingerprint density at radius 3 is 1.45 bits per heavy atom. The van der Waals surface area contributed by atoms with E-state index in [0.717, 1.165) is 93.7 Å². The predicted molar refractivity (Wildman–Crippen MR) is 208 cm³/mol. The number of carbonyl (C=O) groups excluding carboxylic acids is 4. The summed E-state index contributed by atoms with van der Waals surface area (Å²) in [5.74, 6) is 4.76. The van der Waals surface area contributed by atoms with Crippen LogP contribution in [-0.4, -0.2) is 137 Å². The minimum Gasteiger partial charge on any atom is -0.395 e. The Morgan fingerprint density at radius 2 is 1.00 bits per heavy atom. The average Bonchev–Trinajstić information content (AvgIpc) is 4.03. The molecule has 5 N–H and O–H groups in total. The second-order valence-corrected chi connectivity index (χ2v) is 18.9. The van der Waals surface area contributed by atoms with E-state index in [0.29, 0.717) is 55.1 Å². The summed E-state index contributed by atoms with van der Waals surface area (Å²) >= 11 is 0. The number of quaternary nitrogens is 1. The molecule has 6 saturated carbocycles. The normalized spacial score (nSPS) is 38.9. The van der Waals surface area contributed by atoms with Gasteiger partial charge in [0.1, 0.15) is 13.1 Å². The first-order valence-electron chi connectivity index (χ1n) is 21.9. The zero-order valence-electron chi connectivity index (χ0n) is 32.6. The highest BCUT2D eigenvalue weighted by atomic mass is 16.3. The van der Waals surface area contributed by atoms with Gasteiger partial charge in [-0.1, -0.05) is 33.1 Å². The van der Waals surface area contributed by atoms with E-state index >= 15 is 0 Å². The van der Waals surface area contributed by atoms with Crippen molar-refractivity contribution < 1.29 is 44.1 Å². The molecule has 3 heterocycles. The van der Waals surface area contributed by atoms with Crippen molar-refractivity contribution in [1.29, 1.82) is 0 Å². The summed E-state index contributed by atoms with van der Waals surface area (Å²) in [7, 11) is 0. The summed E-state index contributed by atoms with van der Waals surface area (Å²) in [6.45, 7) is 7.34. The minimum atomic E-state index is -0.0152. The number of aliphatic hydroxyl groups excluding tert-OH is 4. The van der Waals surface area contributed by atoms with Gasteiger partial charge in [0, 0.05) is 38.0 Å². The zero-order chi connectivity index (χ0) is 38.0. The van der Waals surface area contributed by atoms with Crippen LogP contribution in [-0.2, 0) is 19.2 Å². The van der Waals surface area contributed by atoms with E-state index in [1.807, 2.05) is 0 Å². The third-order valence-electron chi connectivity index (χ3n) is 16.1. The van der Waals surface area contributed by atoms with Crippen molar-refractivity contribution in [2.45, 2.75) is 97.3 Å². The van der Waals surface area contributed by atoms with Gasteiger partial charge >= 0.3 is 0 Å². The maximum absolute atomic E-state index is 13.0. The Labute approximate surface area is 329 Å². The third-order valence-corrected chi connectivity index (χ3v) is 16.1. The van der Waals surface area contributed by atoms with Crippen LogP contribution >= 0.6 is 0 Å². The molecule has 0 radical (unpaired) electrons. The van der Waals surface area contributed by atoms with E-state index in [4.69, 9.17) is 10.2 Å². The summed E-state index contributed by atoms with van der Waals surface area (Å²) in [6.07, 6.45) is 16.8. The molecule has 0 aromatic heterocycles. The van der Waals surface area contributed by atoms with Crippen molar-refractivity contribution in [3.8, 4) is 0 Å². The molecule has 12 heteroatoms. The maximum atomic E-state index is 13.0. The molecule has 312 valence electrons. The van der Waals surface area contributed by atoms with Crippen molar-refractivity contribution in [1.82, 2.24) is 15.1 Å². The van der Waals surface area contributed by atoms with E-state index in [9.17, 15) is 29.4 Å². The van der Waals surface area contributed by atoms with Gasteiger partial charge in [-0.3, -0.25) is 34.3 Å². The summed E-state index contributed by atoms with van der Waals surface area (Å²) in [5, 5.41) is 39.3. The van der Waals surface area contributed by atoms with Gasteiger partial charge < -0.3 is 24.9 Å². The van der Waals surface area contributed by atoms with Gasteiger partial charge in [0.05, 0.1) is 63.2 Å². The number of nitrogens with one attached hydrogen (secondary N) is 1. The number of amides is 4. The van der Waals surface area contributed by atoms with Gasteiger partial charge in [-0.25, -0.2) is 0 Å². The van der Waals surface area contributed by atoms with Crippen LogP contribution in [0.2, 0.25) is 0 Å². The zero-order valence-corrected chi connectivity index (χ0v) is 32.6. The highest BCUT2D eigenvalue weighted by molar-refractivity contribution is 6.06. The lowest BCUT2D eigenvalue weighted by molar-refractivity contribution is -0.919. The molecule has 12 atom stereocenters. The van der Waals surface area contributed by atoms with Gasteiger partial charge in [0.25, 0.3) is 0 Å². The van der Waals surface area contributed by atoms with E-state index in [1.54, 1.807) is 4.90 Å². The van der Waals surface area contributed by atoms with Crippen LogP contribution in [0.3, 0.4) is 0 Å². The molecule has 4 amide bonds. The van der Waals surface area contributed by atoms with Crippen molar-refractivity contribution >= 4 is 23.6 Å². The molecule has 9 rings (SSSR count). The predicted octanol–water partition coefficient (Wildman–Crippen LogP) is 2.66. The highest BCUT2D eigenvalue weighted by Crippen LogP contribution is 2.56. The first-order valence-corrected chi connectivity index (χ1v) is 21.9. The molecule has 6 aliphatic carbocycles. The fourth-order valence-corrected chi connectivity index (χ4v) is 13.6. The topological polar surface area (TPSA) is 168 Å². The number of hydrogen-bond donors (Lipinski definition) is 5. The van der Waals surface area contributed by atoms with Crippen LogP contribution in [0.4, 0.5) is 0 Å². The standard InChI is InChI=1S/C21H34N2O4.C12H24NO2.C9H11NO2.CH4/c24-9-7-22(8-10-25)12-16-3-1-2-4-17(16)13-23-20(26)18-14-5-6-15(11-14)19(18)21(23)27;14-7-5-13(6-8-15)9-11-3-1-2-4-12(11)10-13;11-8-6-4-1-2-5(3-4)7(6)9(12)10-8;/h14-19,24-25H,1-13H2;11-12,14-15H,1-10H2;4-7H,1-3H2,(H,10,11,12);1H4/q;+1;;/t14-,15+,16-,17-,18+,19-;11-,12-;4-,5+,6+,7-;/m00../s1. The average molecular weight is 774 g/mol. The van der Waals surface area contributed by atoms with Crippen LogP contribution < -0.4 is 5.32 Å². The molecule has 4 bridgehead atoms. The van der Waals surface area contributed by atoms with Crippen molar-refractivity contribution in [3.05, 3.63) is 0 Å². The quantitative estimate of drug-likeness (QED) is 0.148. The third kappa shape index (κ3) is 8.75. The van der Waals surface area contributed by atoms with Gasteiger partial charge in [0.15, 0.2) is 0 Å². The molecule has 0 spiro atoms. The van der Waals surface area contributed by atoms with Gasteiger partial charge in [-0.05, 0) is 99.7 Å². The maximum Gasteiger partial charge on any atom is 0.233 e. The van der Waals surface area contributed by atoms with Crippen molar-refractivity contribution in [2.24, 2.45) is 71.0 Å². The number of hydrogen-bond acceptors (Lipinski definition) is 9. The first-order chi connectivity index (χ1) is 26.2. The summed E-state index contributed by atoms with van der Waals surface area (Å²) in [5.41, 5.74) is 0. The number of aliphatic hydroxyl groups is 4. The fourth-order valence-electron chi connectivity index (χ4n) is 13.6. The molecule has 9 fully saturated rings. The van der Waals surface area contributed by atoms with Crippen LogP contribution in [0.25, 0.3) is 0 Å². The second kappa shape index (κ2) is 18.7. The lowest BCUT2D eigenvalue weighted by Crippen LogP contribution is -2.50. The Bertz CT molecular complexity index is 1270. The lowest BCUT2D eigenvalue weighted by Gasteiger charge is -2.37. The number of carbonyl (C=O) groups is 4. The van der Waals surface area contributed by atoms with Crippen LogP contribution in [0.5, 0.6) is 0 Å². The number of nitrogens with zero attached hydrogens (tertiary/aromatic N) is 3. The number of rotatable bonds is 12. The van der Waals surface area contributed by atoms with E-state index < -0.39 is 0 Å². The summed E-state index contributed by atoms with van der Waals surface area (Å²) in [6, 6.07) is 0. The Hall–Kier alpha value is -1.96. The van der Waals surface area contributed by atoms with Crippen molar-refractivity contribution in [3.63, 3.8) is 0 Å². The monoisotopic (exact) mass is 774 g/mol. The second-order valence-electron chi connectivity index (χ2n) is 18.9. The largest absolute Gasteiger partial charge is 0.395 e. The van der Waals surface area contributed by atoms with Gasteiger partial charge in [0.2, 0.25) is 23.6 Å². The summed E-state index contributed by atoms with van der Waals surface area (Å²) < 4.78 is 0.975. The molecule has 12 nitrogen and oxygen atoms in total. The first kappa shape index (κ1) is 42.6. The molecule has 9 aliphatic rings. The molecule has 3 aliphatic heterocycles. The minimum absolute atomic E-state index is 0.